The maximum absolute atomic E-state index is 13.3. The van der Waals surface area contributed by atoms with Crippen molar-refractivity contribution in [2.45, 2.75) is 106 Å². The van der Waals surface area contributed by atoms with Crippen LogP contribution in [-0.2, 0) is 14.3 Å². The van der Waals surface area contributed by atoms with Crippen LogP contribution < -0.4 is 0 Å². The first-order valence-corrected chi connectivity index (χ1v) is 14.5. The fraction of sp³-hybridized carbons (Fsp3) is 0.697. The Bertz CT molecular complexity index is 1170. The van der Waals surface area contributed by atoms with Gasteiger partial charge < -0.3 is 9.84 Å². The van der Waals surface area contributed by atoms with Crippen LogP contribution in [0.4, 0.5) is 0 Å². The zero-order valence-corrected chi connectivity index (χ0v) is 24.1. The zero-order chi connectivity index (χ0) is 27.0. The minimum absolute atomic E-state index is 0.00599. The van der Waals surface area contributed by atoms with E-state index in [-0.39, 0.29) is 45.8 Å². The Labute approximate surface area is 223 Å². The van der Waals surface area contributed by atoms with Crippen molar-refractivity contribution in [3.05, 3.63) is 46.3 Å². The predicted molar refractivity (Wildman–Crippen MR) is 146 cm³/mol. The van der Waals surface area contributed by atoms with Crippen LogP contribution >= 0.6 is 0 Å². The van der Waals surface area contributed by atoms with E-state index in [4.69, 9.17) is 4.74 Å². The number of carbonyl (C=O) groups excluding carboxylic acids is 2. The van der Waals surface area contributed by atoms with Crippen LogP contribution in [-0.4, -0.2) is 23.5 Å². The SMILES string of the molecule is CCCC(=O)OC1=C(C)C2=CC=C3[C@@](C)(CC[C@@]4(C)[C@@H]5C[C@](C)(CO)CC[C@]5(C)CC[C@]34C)C2=CC1=O. The van der Waals surface area contributed by atoms with E-state index in [0.717, 1.165) is 48.8 Å². The normalized spacial score (nSPS) is 43.0. The van der Waals surface area contributed by atoms with Crippen LogP contribution in [0.1, 0.15) is 106 Å². The van der Waals surface area contributed by atoms with E-state index in [1.807, 2.05) is 13.8 Å². The molecule has 0 aromatic carbocycles. The number of allylic oxidation sites excluding steroid dienone is 7. The average molecular weight is 507 g/mol. The Hall–Kier alpha value is -1.94. The molecule has 4 nitrogen and oxygen atoms in total. The van der Waals surface area contributed by atoms with Gasteiger partial charge in [-0.25, -0.2) is 0 Å². The fourth-order valence-corrected chi connectivity index (χ4v) is 9.16. The third-order valence-electron chi connectivity index (χ3n) is 12.0. The van der Waals surface area contributed by atoms with E-state index < -0.39 is 0 Å². The van der Waals surface area contributed by atoms with E-state index in [1.165, 1.54) is 18.4 Å². The van der Waals surface area contributed by atoms with E-state index in [2.05, 4.69) is 46.8 Å². The Morgan fingerprint density at radius 1 is 1.03 bits per heavy atom. The quantitative estimate of drug-likeness (QED) is 0.404. The lowest BCUT2D eigenvalue weighted by molar-refractivity contribution is -0.165. The highest BCUT2D eigenvalue weighted by Gasteiger charge is 2.66. The molecule has 37 heavy (non-hydrogen) atoms. The lowest BCUT2D eigenvalue weighted by Gasteiger charge is -2.70. The standard InChI is InChI=1S/C33H46O4/c1-8-9-27(36)37-28-21(2)22-10-11-25-31(5,23(22)18-24(28)35)15-17-33(7)26-19-29(3,20-34)12-13-30(26,4)14-16-32(25,33)6/h10-11,18,26,34H,8-9,12-17,19-20H2,1-7H3/t26-,29-,30-,31+,32-,33+/m1/s1. The van der Waals surface area contributed by atoms with E-state index in [9.17, 15) is 14.7 Å². The van der Waals surface area contributed by atoms with Crippen molar-refractivity contribution in [2.24, 2.45) is 33.0 Å². The molecule has 0 heterocycles. The smallest absolute Gasteiger partial charge is 0.311 e. The van der Waals surface area contributed by atoms with Crippen LogP contribution in [0.3, 0.4) is 0 Å². The average Bonchev–Trinajstić information content (AvgIpc) is 2.85. The maximum Gasteiger partial charge on any atom is 0.311 e. The van der Waals surface area contributed by atoms with Gasteiger partial charge in [0.2, 0.25) is 5.78 Å². The molecule has 0 saturated heterocycles. The molecular weight excluding hydrogens is 460 g/mol. The summed E-state index contributed by atoms with van der Waals surface area (Å²) < 4.78 is 5.56. The second-order valence-electron chi connectivity index (χ2n) is 14.2. The van der Waals surface area contributed by atoms with E-state index in [1.54, 1.807) is 6.08 Å². The Kier molecular flexibility index (Phi) is 6.15. The summed E-state index contributed by atoms with van der Waals surface area (Å²) in [6.45, 7) is 16.3. The summed E-state index contributed by atoms with van der Waals surface area (Å²) in [5, 5.41) is 10.3. The van der Waals surface area contributed by atoms with Gasteiger partial charge >= 0.3 is 5.97 Å². The number of aliphatic hydroxyl groups excluding tert-OH is 1. The van der Waals surface area contributed by atoms with Gasteiger partial charge in [0.05, 0.1) is 0 Å². The molecule has 5 rings (SSSR count). The molecule has 5 aliphatic carbocycles. The van der Waals surface area contributed by atoms with Crippen molar-refractivity contribution in [1.82, 2.24) is 0 Å². The number of ketones is 1. The second kappa shape index (κ2) is 8.53. The van der Waals surface area contributed by atoms with Gasteiger partial charge in [-0.3, -0.25) is 9.59 Å². The van der Waals surface area contributed by atoms with Gasteiger partial charge in [-0.1, -0.05) is 59.3 Å². The van der Waals surface area contributed by atoms with Crippen LogP contribution in [0.2, 0.25) is 0 Å². The first-order valence-electron chi connectivity index (χ1n) is 14.5. The van der Waals surface area contributed by atoms with Gasteiger partial charge in [0, 0.05) is 24.0 Å². The van der Waals surface area contributed by atoms with Gasteiger partial charge in [-0.05, 0) is 103 Å². The molecule has 0 aromatic heterocycles. The number of rotatable bonds is 4. The van der Waals surface area contributed by atoms with Crippen LogP contribution in [0.25, 0.3) is 0 Å². The minimum atomic E-state index is -0.338. The number of fused-ring (bicyclic) bond motifs is 7. The molecule has 202 valence electrons. The molecule has 3 saturated carbocycles. The molecule has 0 aliphatic heterocycles. The molecule has 0 amide bonds. The number of aliphatic hydroxyl groups is 1. The monoisotopic (exact) mass is 506 g/mol. The molecule has 0 spiro atoms. The van der Waals surface area contributed by atoms with Crippen LogP contribution in [0, 0.1) is 33.0 Å². The van der Waals surface area contributed by atoms with Gasteiger partial charge in [0.15, 0.2) is 5.76 Å². The first-order chi connectivity index (χ1) is 17.3. The van der Waals surface area contributed by atoms with Crippen LogP contribution in [0.5, 0.6) is 0 Å². The van der Waals surface area contributed by atoms with Crippen molar-refractivity contribution in [2.75, 3.05) is 6.61 Å². The third-order valence-corrected chi connectivity index (χ3v) is 12.0. The summed E-state index contributed by atoms with van der Waals surface area (Å²) in [5.74, 6) is 0.236. The van der Waals surface area contributed by atoms with Crippen molar-refractivity contribution >= 4 is 11.8 Å². The van der Waals surface area contributed by atoms with Crippen LogP contribution in [0.15, 0.2) is 46.3 Å². The summed E-state index contributed by atoms with van der Waals surface area (Å²) >= 11 is 0. The predicted octanol–water partition coefficient (Wildman–Crippen LogP) is 7.39. The highest BCUT2D eigenvalue weighted by molar-refractivity contribution is 6.08. The number of hydrogen-bond donors (Lipinski definition) is 1. The molecule has 0 unspecified atom stereocenters. The maximum atomic E-state index is 13.3. The van der Waals surface area contributed by atoms with Crippen molar-refractivity contribution < 1.29 is 19.4 Å². The lowest BCUT2D eigenvalue weighted by Crippen LogP contribution is -2.61. The molecule has 0 radical (unpaired) electrons. The zero-order valence-electron chi connectivity index (χ0n) is 24.1. The molecule has 1 N–H and O–H groups in total. The summed E-state index contributed by atoms with van der Waals surface area (Å²) in [5.41, 5.74) is 4.67. The summed E-state index contributed by atoms with van der Waals surface area (Å²) in [4.78, 5) is 25.5. The molecule has 3 fully saturated rings. The molecule has 0 aromatic rings. The summed E-state index contributed by atoms with van der Waals surface area (Å²) in [6, 6.07) is 0. The van der Waals surface area contributed by atoms with Gasteiger partial charge in [-0.15, -0.1) is 0 Å². The summed E-state index contributed by atoms with van der Waals surface area (Å²) in [6.07, 6.45) is 15.2. The van der Waals surface area contributed by atoms with Gasteiger partial charge in [0.25, 0.3) is 0 Å². The van der Waals surface area contributed by atoms with Gasteiger partial charge in [-0.2, -0.15) is 0 Å². The molecule has 6 atom stereocenters. The largest absolute Gasteiger partial charge is 0.422 e. The Balaban J connectivity index is 1.58. The number of carbonyl (C=O) groups is 2. The highest BCUT2D eigenvalue weighted by atomic mass is 16.5. The van der Waals surface area contributed by atoms with Crippen molar-refractivity contribution in [3.63, 3.8) is 0 Å². The van der Waals surface area contributed by atoms with Crippen molar-refractivity contribution in [3.8, 4) is 0 Å². The minimum Gasteiger partial charge on any atom is -0.422 e. The Morgan fingerprint density at radius 3 is 2.41 bits per heavy atom. The molecule has 4 heteroatoms. The van der Waals surface area contributed by atoms with Gasteiger partial charge in [0.1, 0.15) is 0 Å². The topological polar surface area (TPSA) is 63.6 Å². The van der Waals surface area contributed by atoms with E-state index in [0.29, 0.717) is 24.2 Å². The fourth-order valence-electron chi connectivity index (χ4n) is 9.16. The number of ether oxygens (including phenoxy) is 1. The third kappa shape index (κ3) is 3.64. The molecular formula is C33H46O4. The lowest BCUT2D eigenvalue weighted by atomic mass is 9.34. The molecule has 0 bridgehead atoms. The number of esters is 1. The summed E-state index contributed by atoms with van der Waals surface area (Å²) in [7, 11) is 0. The highest BCUT2D eigenvalue weighted by Crippen LogP contribution is 2.75. The second-order valence-corrected chi connectivity index (χ2v) is 14.2. The first kappa shape index (κ1) is 26.7. The van der Waals surface area contributed by atoms with E-state index >= 15 is 0 Å². The Morgan fingerprint density at radius 2 is 1.73 bits per heavy atom. The number of hydrogen-bond acceptors (Lipinski definition) is 4. The molecule has 5 aliphatic rings. The van der Waals surface area contributed by atoms with Crippen molar-refractivity contribution in [1.29, 1.82) is 0 Å².